The molecule has 2 aromatic rings. The fourth-order valence-electron chi connectivity index (χ4n) is 3.90. The number of piperazine rings is 1. The Hall–Kier alpha value is -1.85. The Balaban J connectivity index is 1.86. The number of fused-ring (bicyclic) bond motifs is 1. The summed E-state index contributed by atoms with van der Waals surface area (Å²) >= 11 is 0. The molecule has 1 aliphatic heterocycles. The van der Waals surface area contributed by atoms with Gasteiger partial charge in [-0.2, -0.15) is 0 Å². The maximum atomic E-state index is 11.6. The Morgan fingerprint density at radius 1 is 1.29 bits per heavy atom. The summed E-state index contributed by atoms with van der Waals surface area (Å²) in [6.07, 6.45) is 2.11. The molecule has 1 aliphatic rings. The number of rotatable bonds is 6. The number of carboxylic acids is 1. The zero-order chi connectivity index (χ0) is 17.1. The molecule has 1 aromatic heterocycles. The van der Waals surface area contributed by atoms with Crippen molar-refractivity contribution in [1.82, 2.24) is 14.8 Å². The molecule has 5 heteroatoms. The van der Waals surface area contributed by atoms with Gasteiger partial charge in [0.1, 0.15) is 0 Å². The van der Waals surface area contributed by atoms with Crippen molar-refractivity contribution in [2.24, 2.45) is 0 Å². The summed E-state index contributed by atoms with van der Waals surface area (Å²) < 4.78 is 2.15. The molecule has 1 saturated heterocycles. The van der Waals surface area contributed by atoms with Crippen molar-refractivity contribution < 1.29 is 9.90 Å². The van der Waals surface area contributed by atoms with Crippen molar-refractivity contribution in [1.29, 1.82) is 0 Å². The molecule has 24 heavy (non-hydrogen) atoms. The normalized spacial score (nSPS) is 15.9. The second-order valence-corrected chi connectivity index (χ2v) is 6.51. The number of carbonyl (C=O) groups is 1. The van der Waals surface area contributed by atoms with E-state index in [-0.39, 0.29) is 0 Å². The summed E-state index contributed by atoms with van der Waals surface area (Å²) in [6.45, 7) is 10.5. The monoisotopic (exact) mass is 329 g/mol. The molecule has 2 heterocycles. The number of aromatic carboxylic acids is 1. The number of aryl methyl sites for hydroxylation is 2. The van der Waals surface area contributed by atoms with Crippen LogP contribution in [-0.4, -0.2) is 53.3 Å². The fraction of sp³-hybridized carbons (Fsp3) is 0.526. The molecule has 1 fully saturated rings. The van der Waals surface area contributed by atoms with Gasteiger partial charge in [0, 0.05) is 43.8 Å². The Labute approximate surface area is 143 Å². The van der Waals surface area contributed by atoms with E-state index < -0.39 is 5.97 Å². The standard InChI is InChI=1S/C19H27N3O2/c1-3-22-14(2)15(8-5-11-21-12-9-20-10-13-21)16-6-4-7-17(18(16)22)19(23)24/h4,6-7,20H,3,5,8-13H2,1-2H3,(H,23,24). The van der Waals surface area contributed by atoms with Gasteiger partial charge in [-0.25, -0.2) is 4.79 Å². The van der Waals surface area contributed by atoms with Gasteiger partial charge in [0.2, 0.25) is 0 Å². The van der Waals surface area contributed by atoms with Crippen molar-refractivity contribution >= 4 is 16.9 Å². The van der Waals surface area contributed by atoms with Gasteiger partial charge in [0.25, 0.3) is 0 Å². The van der Waals surface area contributed by atoms with Gasteiger partial charge in [-0.05, 0) is 44.9 Å². The van der Waals surface area contributed by atoms with Gasteiger partial charge in [-0.15, -0.1) is 0 Å². The molecule has 0 amide bonds. The third kappa shape index (κ3) is 3.19. The molecule has 0 unspecified atom stereocenters. The third-order valence-corrected chi connectivity index (χ3v) is 5.13. The first-order valence-corrected chi connectivity index (χ1v) is 8.90. The third-order valence-electron chi connectivity index (χ3n) is 5.13. The van der Waals surface area contributed by atoms with Crippen LogP contribution in [0.25, 0.3) is 10.9 Å². The predicted octanol–water partition coefficient (Wildman–Crippen LogP) is 2.51. The highest BCUT2D eigenvalue weighted by atomic mass is 16.4. The highest BCUT2D eigenvalue weighted by molar-refractivity contribution is 6.03. The summed E-state index contributed by atoms with van der Waals surface area (Å²) in [5.74, 6) is -0.847. The molecule has 2 N–H and O–H groups in total. The van der Waals surface area contributed by atoms with Crippen molar-refractivity contribution in [2.75, 3.05) is 32.7 Å². The summed E-state index contributed by atoms with van der Waals surface area (Å²) in [5, 5.41) is 14.0. The van der Waals surface area contributed by atoms with Crippen LogP contribution in [-0.2, 0) is 13.0 Å². The van der Waals surface area contributed by atoms with Crippen LogP contribution in [0.3, 0.4) is 0 Å². The van der Waals surface area contributed by atoms with Crippen molar-refractivity contribution in [3.05, 3.63) is 35.0 Å². The van der Waals surface area contributed by atoms with E-state index in [4.69, 9.17) is 0 Å². The average Bonchev–Trinajstić information content (AvgIpc) is 2.87. The molecule has 1 aromatic carbocycles. The number of nitrogens with one attached hydrogen (secondary N) is 1. The lowest BCUT2D eigenvalue weighted by atomic mass is 10.0. The number of carboxylic acid groups (broad SMARTS) is 1. The van der Waals surface area contributed by atoms with Gasteiger partial charge >= 0.3 is 5.97 Å². The Morgan fingerprint density at radius 3 is 2.71 bits per heavy atom. The lowest BCUT2D eigenvalue weighted by Gasteiger charge is -2.27. The zero-order valence-electron chi connectivity index (χ0n) is 14.6. The van der Waals surface area contributed by atoms with E-state index in [1.54, 1.807) is 6.07 Å². The molecule has 130 valence electrons. The molecular formula is C19H27N3O2. The van der Waals surface area contributed by atoms with Crippen LogP contribution in [0.1, 0.15) is 35.0 Å². The largest absolute Gasteiger partial charge is 0.478 e. The van der Waals surface area contributed by atoms with Crippen molar-refractivity contribution in [3.63, 3.8) is 0 Å². The van der Waals surface area contributed by atoms with Crippen LogP contribution in [0.2, 0.25) is 0 Å². The van der Waals surface area contributed by atoms with E-state index in [1.165, 1.54) is 11.3 Å². The van der Waals surface area contributed by atoms with Gasteiger partial charge < -0.3 is 19.9 Å². The Morgan fingerprint density at radius 2 is 2.04 bits per heavy atom. The maximum absolute atomic E-state index is 11.6. The van der Waals surface area contributed by atoms with E-state index in [9.17, 15) is 9.90 Å². The van der Waals surface area contributed by atoms with Gasteiger partial charge in [-0.1, -0.05) is 12.1 Å². The number of hydrogen-bond acceptors (Lipinski definition) is 3. The fourth-order valence-corrected chi connectivity index (χ4v) is 3.90. The minimum Gasteiger partial charge on any atom is -0.478 e. The van der Waals surface area contributed by atoms with E-state index in [2.05, 4.69) is 34.7 Å². The lowest BCUT2D eigenvalue weighted by molar-refractivity contribution is 0.0698. The van der Waals surface area contributed by atoms with E-state index in [0.29, 0.717) is 5.56 Å². The van der Waals surface area contributed by atoms with Crippen LogP contribution in [0.15, 0.2) is 18.2 Å². The summed E-state index contributed by atoms with van der Waals surface area (Å²) in [5.41, 5.74) is 3.81. The van der Waals surface area contributed by atoms with Gasteiger partial charge in [0.05, 0.1) is 11.1 Å². The summed E-state index contributed by atoms with van der Waals surface area (Å²) in [4.78, 5) is 14.1. The van der Waals surface area contributed by atoms with Crippen LogP contribution >= 0.6 is 0 Å². The molecule has 0 saturated carbocycles. The maximum Gasteiger partial charge on any atom is 0.337 e. The first kappa shape index (κ1) is 17.0. The molecule has 5 nitrogen and oxygen atoms in total. The van der Waals surface area contributed by atoms with Gasteiger partial charge in [0.15, 0.2) is 0 Å². The molecule has 0 aliphatic carbocycles. The highest BCUT2D eigenvalue weighted by Crippen LogP contribution is 2.29. The quantitative estimate of drug-likeness (QED) is 0.855. The molecule has 3 rings (SSSR count). The van der Waals surface area contributed by atoms with Crippen molar-refractivity contribution in [2.45, 2.75) is 33.2 Å². The number of nitrogens with zero attached hydrogens (tertiary/aromatic N) is 2. The van der Waals surface area contributed by atoms with Crippen LogP contribution < -0.4 is 5.32 Å². The van der Waals surface area contributed by atoms with Crippen LogP contribution in [0.4, 0.5) is 0 Å². The second kappa shape index (κ2) is 7.36. The lowest BCUT2D eigenvalue weighted by Crippen LogP contribution is -2.43. The minimum absolute atomic E-state index is 0.408. The molecule has 0 spiro atoms. The summed E-state index contributed by atoms with van der Waals surface area (Å²) in [7, 11) is 0. The number of benzene rings is 1. The topological polar surface area (TPSA) is 57.5 Å². The zero-order valence-corrected chi connectivity index (χ0v) is 14.6. The van der Waals surface area contributed by atoms with Crippen LogP contribution in [0.5, 0.6) is 0 Å². The average molecular weight is 329 g/mol. The molecule has 0 radical (unpaired) electrons. The second-order valence-electron chi connectivity index (χ2n) is 6.51. The summed E-state index contributed by atoms with van der Waals surface area (Å²) in [6, 6.07) is 5.65. The first-order valence-electron chi connectivity index (χ1n) is 8.90. The number of para-hydroxylation sites is 1. The highest BCUT2D eigenvalue weighted by Gasteiger charge is 2.19. The van der Waals surface area contributed by atoms with Crippen LogP contribution in [0, 0.1) is 6.92 Å². The van der Waals surface area contributed by atoms with Gasteiger partial charge in [-0.3, -0.25) is 0 Å². The number of hydrogen-bond donors (Lipinski definition) is 2. The van der Waals surface area contributed by atoms with Crippen molar-refractivity contribution in [3.8, 4) is 0 Å². The minimum atomic E-state index is -0.847. The van der Waals surface area contributed by atoms with E-state index in [1.807, 2.05) is 6.07 Å². The Kier molecular flexibility index (Phi) is 5.21. The molecule has 0 atom stereocenters. The molecule has 0 bridgehead atoms. The number of aromatic nitrogens is 1. The molecular weight excluding hydrogens is 302 g/mol. The smallest absolute Gasteiger partial charge is 0.337 e. The van der Waals surface area contributed by atoms with E-state index >= 15 is 0 Å². The van der Waals surface area contributed by atoms with E-state index in [0.717, 1.165) is 63.0 Å². The predicted molar refractivity (Wildman–Crippen MR) is 96.9 cm³/mol. The first-order chi connectivity index (χ1) is 11.6. The Bertz CT molecular complexity index is 730. The SMILES string of the molecule is CCn1c(C)c(CCCN2CCNCC2)c2cccc(C(=O)O)c21.